The van der Waals surface area contributed by atoms with Crippen molar-refractivity contribution in [1.29, 1.82) is 0 Å². The molecule has 2 unspecified atom stereocenters. The van der Waals surface area contributed by atoms with Crippen LogP contribution in [0, 0.1) is 23.7 Å². The number of imidazole rings is 2. The molecule has 6 N–H and O–H groups in total. The van der Waals surface area contributed by atoms with Crippen LogP contribution in [0.4, 0.5) is 24.5 Å². The molecule has 0 bridgehead atoms. The van der Waals surface area contributed by atoms with Crippen molar-refractivity contribution in [2.45, 2.75) is 165 Å². The van der Waals surface area contributed by atoms with E-state index in [1.165, 1.54) is 68.6 Å². The number of aliphatic hydroxyl groups is 2. The zero-order valence-electron chi connectivity index (χ0n) is 62.6. The van der Waals surface area contributed by atoms with Crippen LogP contribution in [0.2, 0.25) is 0 Å². The summed E-state index contributed by atoms with van der Waals surface area (Å²) in [6.45, 7) is 10.2. The van der Waals surface area contributed by atoms with Crippen molar-refractivity contribution in [3.05, 3.63) is 156 Å². The molecule has 5 fully saturated rings. The van der Waals surface area contributed by atoms with E-state index in [9.17, 15) is 61.7 Å². The van der Waals surface area contributed by atoms with Gasteiger partial charge in [0.2, 0.25) is 29.5 Å². The topological polar surface area (TPSA) is 316 Å². The second-order valence-corrected chi connectivity index (χ2v) is 33.6. The molecule has 10 aromatic rings. The number of carbonyl (C=O) groups excluding carboxylic acids is 6. The molecular weight excluding hydrogens is 1460 g/mol. The third-order valence-corrected chi connectivity index (χ3v) is 25.1. The van der Waals surface area contributed by atoms with Crippen LogP contribution >= 0.6 is 22.7 Å². The van der Waals surface area contributed by atoms with Crippen molar-refractivity contribution in [2.75, 3.05) is 50.4 Å². The normalized spacial score (nSPS) is 20.6. The number of alkyl halides is 3. The van der Waals surface area contributed by atoms with E-state index in [2.05, 4.69) is 63.9 Å². The molecule has 0 radical (unpaired) electrons. The number of pyridine rings is 1. The molecule has 15 rings (SSSR count). The molecule has 3 aliphatic heterocycles. The van der Waals surface area contributed by atoms with E-state index in [0.29, 0.717) is 61.8 Å². The van der Waals surface area contributed by atoms with Crippen molar-refractivity contribution in [1.82, 2.24) is 63.6 Å². The van der Waals surface area contributed by atoms with Gasteiger partial charge >= 0.3 is 17.6 Å². The number of benzene rings is 4. The number of thiazole rings is 2. The number of nitrogens with zero attached hydrogens (tertiary/aromatic N) is 11. The number of hydrogen-bond donors (Lipinski definition) is 6. The second-order valence-electron chi connectivity index (χ2n) is 31.5. The molecule has 3 saturated heterocycles. The number of rotatable bonds is 17. The monoisotopic (exact) mass is 1550 g/mol. The highest BCUT2D eigenvalue weighted by atomic mass is 32.1. The molecule has 2 aliphatic carbocycles. The molecule has 25 nitrogen and oxygen atoms in total. The number of likely N-dealkylation sites (tertiary alicyclic amines) is 1. The number of para-hydroxylation sites is 2. The summed E-state index contributed by atoms with van der Waals surface area (Å²) >= 11 is 2.95. The van der Waals surface area contributed by atoms with Crippen LogP contribution in [0.5, 0.6) is 0 Å². The third-order valence-electron chi connectivity index (χ3n) is 22.8. The van der Waals surface area contributed by atoms with Gasteiger partial charge in [-0.05, 0) is 209 Å². The third kappa shape index (κ3) is 15.4. The Balaban J connectivity index is 0.587. The zero-order valence-corrected chi connectivity index (χ0v) is 64.2. The first-order valence-electron chi connectivity index (χ1n) is 37.8. The molecule has 2 saturated carbocycles. The molecule has 9 heterocycles. The maximum absolute atomic E-state index is 14.9. The molecule has 0 spiro atoms. The predicted octanol–water partition coefficient (Wildman–Crippen LogP) is 11.4. The van der Waals surface area contributed by atoms with E-state index < -0.39 is 70.3 Å². The van der Waals surface area contributed by atoms with Gasteiger partial charge < -0.3 is 25.7 Å². The zero-order chi connectivity index (χ0) is 78.3. The minimum Gasteiger partial charge on any atom is -0.386 e. The molecule has 6 amide bonds. The molecule has 6 aromatic heterocycles. The quantitative estimate of drug-likeness (QED) is 0.0364. The van der Waals surface area contributed by atoms with Crippen molar-refractivity contribution < 1.29 is 52.2 Å². The maximum Gasteiger partial charge on any atom is 0.451 e. The Hall–Kier alpha value is -10.2. The van der Waals surface area contributed by atoms with Crippen molar-refractivity contribution in [3.63, 3.8) is 0 Å². The lowest BCUT2D eigenvalue weighted by Crippen LogP contribution is -2.44. The largest absolute Gasteiger partial charge is 0.451 e. The molecule has 5 aliphatic rings. The first-order valence-corrected chi connectivity index (χ1v) is 39.4. The number of amides is 6. The van der Waals surface area contributed by atoms with Gasteiger partial charge in [-0.2, -0.15) is 13.2 Å². The fraction of sp³-hybridized carbons (Fsp3) is 0.444. The van der Waals surface area contributed by atoms with Crippen LogP contribution in [0.3, 0.4) is 0 Å². The lowest BCUT2D eigenvalue weighted by atomic mass is 9.81. The number of anilines is 2. The highest BCUT2D eigenvalue weighted by Crippen LogP contribution is 2.45. The van der Waals surface area contributed by atoms with E-state index >= 15 is 0 Å². The van der Waals surface area contributed by atoms with E-state index in [4.69, 9.17) is 9.97 Å². The maximum atomic E-state index is 14.9. The van der Waals surface area contributed by atoms with Crippen molar-refractivity contribution in [3.8, 4) is 23.1 Å². The number of aryl methyl sites for hydroxylation is 2. The standard InChI is InChI=1S/C81H86F3N15O10S2/c1-79(2,108)51-36-56-63(110-75(88-56)48-24-20-44(21-25-48)42-97-34-30-45(31-35-97)49-14-9-17-60-69(49)96(7)78(107)99(60)62-27-29-66(101)93-72(62)104)39-54(51)86-70(102)58-38-53(90-76(91-58)81(82,83)84)50-15-10-32-85-67(50)73(105)87-55-40-64-57(37-52(55)80(3,4)109)89-74(111-64)47-22-18-43(19-23-47)41-94(5)33-11-13-46-12-8-16-59-68(46)95(6)77(106)98(59)61-26-28-65(100)92-71(61)103/h8-10,12,14-17,32,36-40,43-45,47-48,61-62,108-109H,18-31,33-35,41-42H2,1-7H3,(H,86,102)(H,87,105)(H,92,100,103)(H,93,101,104)/t43-,44-,47-,48-,61?,62?. The molecule has 578 valence electrons. The number of hydrogen-bond acceptors (Lipinski definition) is 19. The number of fused-ring (bicyclic) bond motifs is 4. The number of imide groups is 2. The van der Waals surface area contributed by atoms with E-state index in [0.717, 1.165) is 122 Å². The average molecular weight is 1550 g/mol. The summed E-state index contributed by atoms with van der Waals surface area (Å²) in [5.41, 5.74) is 1.33. The van der Waals surface area contributed by atoms with Crippen LogP contribution in [0.1, 0.15) is 206 Å². The molecule has 4 aromatic carbocycles. The summed E-state index contributed by atoms with van der Waals surface area (Å²) < 4.78 is 52.4. The van der Waals surface area contributed by atoms with Crippen LogP contribution in [0.25, 0.3) is 53.8 Å². The minimum absolute atomic E-state index is 0.135. The summed E-state index contributed by atoms with van der Waals surface area (Å²) in [5, 5.41) is 35.4. The van der Waals surface area contributed by atoms with Crippen LogP contribution in [0.15, 0.2) is 94.6 Å². The summed E-state index contributed by atoms with van der Waals surface area (Å²) in [4.78, 5) is 132. The summed E-state index contributed by atoms with van der Waals surface area (Å²) in [6, 6.07) is 20.5. The Labute approximate surface area is 644 Å². The lowest BCUT2D eigenvalue weighted by Gasteiger charge is -2.36. The first kappa shape index (κ1) is 76.2. The number of aromatic nitrogens is 9. The average Bonchev–Trinajstić information content (AvgIpc) is 1.53. The van der Waals surface area contributed by atoms with Crippen LogP contribution < -0.4 is 32.6 Å². The lowest BCUT2D eigenvalue weighted by molar-refractivity contribution is -0.145. The summed E-state index contributed by atoms with van der Waals surface area (Å²) in [5.74, 6) is 2.75. The van der Waals surface area contributed by atoms with Gasteiger partial charge in [0.25, 0.3) is 11.8 Å². The molecular formula is C81H86F3N15O10S2. The summed E-state index contributed by atoms with van der Waals surface area (Å²) in [7, 11) is 5.42. The van der Waals surface area contributed by atoms with Gasteiger partial charge in [0, 0.05) is 86.1 Å². The first-order chi connectivity index (χ1) is 52.9. The number of piperidine rings is 3. The Bertz CT molecular complexity index is 5610. The minimum atomic E-state index is -5.15. The Kier molecular flexibility index (Phi) is 20.7. The van der Waals surface area contributed by atoms with E-state index in [1.54, 1.807) is 68.9 Å². The Morgan fingerprint density at radius 1 is 0.622 bits per heavy atom. The number of halogens is 3. The van der Waals surface area contributed by atoms with Gasteiger partial charge in [-0.25, -0.2) is 29.5 Å². The molecule has 111 heavy (non-hydrogen) atoms. The van der Waals surface area contributed by atoms with Crippen LogP contribution in [-0.4, -0.2) is 138 Å². The smallest absolute Gasteiger partial charge is 0.386 e. The van der Waals surface area contributed by atoms with Gasteiger partial charge in [0.15, 0.2) is 0 Å². The number of nitrogens with one attached hydrogen (secondary N) is 4. The van der Waals surface area contributed by atoms with Gasteiger partial charge in [-0.3, -0.25) is 67.6 Å². The molecule has 2 atom stereocenters. The van der Waals surface area contributed by atoms with Crippen LogP contribution in [-0.2, 0) is 50.7 Å². The second kappa shape index (κ2) is 30.2. The Morgan fingerprint density at radius 2 is 1.15 bits per heavy atom. The fourth-order valence-corrected chi connectivity index (χ4v) is 19.4. The molecule has 30 heteroatoms. The highest BCUT2D eigenvalue weighted by Gasteiger charge is 2.40. The number of carbonyl (C=O) groups is 6. The van der Waals surface area contributed by atoms with Crippen molar-refractivity contribution in [2.24, 2.45) is 25.9 Å². The van der Waals surface area contributed by atoms with Crippen molar-refractivity contribution >= 4 is 112 Å². The van der Waals surface area contributed by atoms with E-state index in [1.807, 2.05) is 25.2 Å². The van der Waals surface area contributed by atoms with Gasteiger partial charge in [0.1, 0.15) is 23.5 Å². The SMILES string of the molecule is CN(CC#Cc1cccc2c1n(C)c(=O)n2C1CCC(=O)NC1=O)C[C@H]1CC[C@H](c2nc3cc(C(C)(C)O)c(NC(=O)c4ncccc4-c4cc(C(=O)Nc5cc6sc([C@H]7CC[C@H](CN8CCC(c9cccc%10c9n(C)c(=O)n%10C9CCC(=O)NC9=O)CC8)CC7)nc6cc5C(C)(C)O)nc(C(F)(F)F)n4)cc3s2)CC1. The predicted molar refractivity (Wildman–Crippen MR) is 415 cm³/mol. The Morgan fingerprint density at radius 3 is 1.70 bits per heavy atom. The highest BCUT2D eigenvalue weighted by molar-refractivity contribution is 7.19. The van der Waals surface area contributed by atoms with Gasteiger partial charge in [0.05, 0.1) is 81.5 Å². The fourth-order valence-electron chi connectivity index (χ4n) is 17.1. The van der Waals surface area contributed by atoms with Gasteiger partial charge in [-0.15, -0.1) is 22.7 Å². The summed E-state index contributed by atoms with van der Waals surface area (Å²) in [6.07, 6.45) is 6.19. The van der Waals surface area contributed by atoms with E-state index in [-0.39, 0.29) is 94.8 Å². The van der Waals surface area contributed by atoms with Gasteiger partial charge in [-0.1, -0.05) is 30.0 Å².